The molecule has 88 valence electrons. The molecule has 0 aromatic heterocycles. The van der Waals surface area contributed by atoms with E-state index in [0.717, 1.165) is 0 Å². The molecular weight excluding hydrogens is 206 g/mol. The number of rotatable bonds is 4. The zero-order chi connectivity index (χ0) is 12.3. The van der Waals surface area contributed by atoms with E-state index in [1.165, 1.54) is 4.90 Å². The number of nitrogens with one attached hydrogen (secondary N) is 1. The van der Waals surface area contributed by atoms with Crippen LogP contribution in [-0.2, 0) is 9.59 Å². The highest BCUT2D eigenvalue weighted by Crippen LogP contribution is 2.31. The van der Waals surface area contributed by atoms with E-state index >= 15 is 0 Å². The molecule has 0 aliphatic carbocycles. The summed E-state index contributed by atoms with van der Waals surface area (Å²) in [6, 6.07) is 1.75. The van der Waals surface area contributed by atoms with Gasteiger partial charge in [-0.1, -0.05) is 13.8 Å². The molecule has 1 saturated heterocycles. The van der Waals surface area contributed by atoms with Gasteiger partial charge in [-0.05, 0) is 13.5 Å². The Kier molecular flexibility index (Phi) is 3.66. The number of nitrogens with zero attached hydrogens (tertiary/aromatic N) is 2. The molecule has 1 N–H and O–H groups in total. The Hall–Kier alpha value is -1.41. The van der Waals surface area contributed by atoms with Crippen molar-refractivity contribution >= 4 is 11.8 Å². The average Bonchev–Trinajstić information content (AvgIpc) is 2.40. The van der Waals surface area contributed by atoms with E-state index in [9.17, 15) is 9.59 Å². The van der Waals surface area contributed by atoms with Gasteiger partial charge in [-0.25, -0.2) is 0 Å². The summed E-state index contributed by atoms with van der Waals surface area (Å²) in [5, 5.41) is 11.5. The fraction of sp³-hybridized carbons (Fsp3) is 0.727. The molecule has 0 aromatic rings. The van der Waals surface area contributed by atoms with Crippen molar-refractivity contribution in [3.8, 4) is 6.07 Å². The highest BCUT2D eigenvalue weighted by Gasteiger charge is 2.44. The van der Waals surface area contributed by atoms with Crippen LogP contribution >= 0.6 is 0 Å². The zero-order valence-electron chi connectivity index (χ0n) is 9.91. The Bertz CT molecular complexity index is 344. The number of hydrogen-bond donors (Lipinski definition) is 1. The maximum atomic E-state index is 11.8. The van der Waals surface area contributed by atoms with Gasteiger partial charge in [-0.15, -0.1) is 0 Å². The first-order valence-corrected chi connectivity index (χ1v) is 5.34. The fourth-order valence-electron chi connectivity index (χ4n) is 1.79. The van der Waals surface area contributed by atoms with Gasteiger partial charge >= 0.3 is 0 Å². The van der Waals surface area contributed by atoms with Crippen molar-refractivity contribution in [1.82, 2.24) is 10.2 Å². The van der Waals surface area contributed by atoms with Gasteiger partial charge in [0.15, 0.2) is 0 Å². The molecule has 1 aliphatic heterocycles. The van der Waals surface area contributed by atoms with Gasteiger partial charge in [0.25, 0.3) is 0 Å². The standard InChI is InChI=1S/C11H17N3O2/c1-11(2)6-9(15)14(10(11)16)5-4-8(7-12)13-3/h8,13H,4-6H2,1-3H3. The molecule has 1 atom stereocenters. The molecule has 1 aliphatic rings. The second kappa shape index (κ2) is 4.62. The lowest BCUT2D eigenvalue weighted by Crippen LogP contribution is -2.37. The third-order valence-electron chi connectivity index (χ3n) is 2.86. The minimum absolute atomic E-state index is 0.134. The summed E-state index contributed by atoms with van der Waals surface area (Å²) >= 11 is 0. The summed E-state index contributed by atoms with van der Waals surface area (Å²) in [6.07, 6.45) is 0.739. The molecule has 0 aromatic carbocycles. The van der Waals surface area contributed by atoms with E-state index in [1.54, 1.807) is 20.9 Å². The van der Waals surface area contributed by atoms with Crippen molar-refractivity contribution in [2.75, 3.05) is 13.6 Å². The molecule has 0 bridgehead atoms. The smallest absolute Gasteiger partial charge is 0.235 e. The number of likely N-dealkylation sites (tertiary alicyclic amines) is 1. The van der Waals surface area contributed by atoms with Gasteiger partial charge in [0, 0.05) is 13.0 Å². The number of nitriles is 1. The lowest BCUT2D eigenvalue weighted by molar-refractivity contribution is -0.140. The quantitative estimate of drug-likeness (QED) is 0.694. The number of amides is 2. The van der Waals surface area contributed by atoms with E-state index in [0.29, 0.717) is 13.0 Å². The molecule has 5 heteroatoms. The summed E-state index contributed by atoms with van der Waals surface area (Å²) in [4.78, 5) is 24.7. The molecule has 0 radical (unpaired) electrons. The Labute approximate surface area is 95.4 Å². The van der Waals surface area contributed by atoms with E-state index in [2.05, 4.69) is 11.4 Å². The second-order valence-electron chi connectivity index (χ2n) is 4.67. The molecule has 0 spiro atoms. The Balaban J connectivity index is 2.60. The Morgan fingerprint density at radius 2 is 2.19 bits per heavy atom. The lowest BCUT2D eigenvalue weighted by Gasteiger charge is -2.18. The molecule has 1 rings (SSSR count). The van der Waals surface area contributed by atoms with Crippen LogP contribution in [0.1, 0.15) is 26.7 Å². The molecular formula is C11H17N3O2. The largest absolute Gasteiger partial charge is 0.305 e. The highest BCUT2D eigenvalue weighted by atomic mass is 16.2. The highest BCUT2D eigenvalue weighted by molar-refractivity contribution is 6.05. The molecule has 2 amide bonds. The third-order valence-corrected chi connectivity index (χ3v) is 2.86. The van der Waals surface area contributed by atoms with Crippen LogP contribution in [0.25, 0.3) is 0 Å². The topological polar surface area (TPSA) is 73.2 Å². The van der Waals surface area contributed by atoms with E-state index in [4.69, 9.17) is 5.26 Å². The molecule has 5 nitrogen and oxygen atoms in total. The van der Waals surface area contributed by atoms with Crippen LogP contribution in [0, 0.1) is 16.7 Å². The Morgan fingerprint density at radius 3 is 2.56 bits per heavy atom. The van der Waals surface area contributed by atoms with Crippen molar-refractivity contribution in [2.45, 2.75) is 32.7 Å². The van der Waals surface area contributed by atoms with E-state index in [-0.39, 0.29) is 24.3 Å². The second-order valence-corrected chi connectivity index (χ2v) is 4.67. The first-order chi connectivity index (χ1) is 7.42. The van der Waals surface area contributed by atoms with Crippen molar-refractivity contribution in [2.24, 2.45) is 5.41 Å². The van der Waals surface area contributed by atoms with Crippen LogP contribution in [0.4, 0.5) is 0 Å². The first kappa shape index (κ1) is 12.7. The lowest BCUT2D eigenvalue weighted by atomic mass is 9.92. The first-order valence-electron chi connectivity index (χ1n) is 5.34. The predicted molar refractivity (Wildman–Crippen MR) is 58.2 cm³/mol. The predicted octanol–water partition coefficient (Wildman–Crippen LogP) is 0.273. The molecule has 16 heavy (non-hydrogen) atoms. The van der Waals surface area contributed by atoms with Crippen molar-refractivity contribution < 1.29 is 9.59 Å². The minimum atomic E-state index is -0.584. The van der Waals surface area contributed by atoms with Gasteiger partial charge in [-0.2, -0.15) is 5.26 Å². The normalized spacial score (nSPS) is 21.0. The van der Waals surface area contributed by atoms with Crippen LogP contribution in [0.3, 0.4) is 0 Å². The summed E-state index contributed by atoms with van der Waals surface area (Å²) in [5.41, 5.74) is -0.584. The van der Waals surface area contributed by atoms with Crippen molar-refractivity contribution in [3.63, 3.8) is 0 Å². The van der Waals surface area contributed by atoms with Crippen LogP contribution < -0.4 is 5.32 Å². The van der Waals surface area contributed by atoms with Crippen LogP contribution in [0.5, 0.6) is 0 Å². The summed E-state index contributed by atoms with van der Waals surface area (Å²) in [7, 11) is 1.69. The maximum absolute atomic E-state index is 11.8. The molecule has 1 heterocycles. The van der Waals surface area contributed by atoms with Gasteiger partial charge in [-0.3, -0.25) is 14.5 Å². The van der Waals surface area contributed by atoms with Crippen molar-refractivity contribution in [3.05, 3.63) is 0 Å². The monoisotopic (exact) mass is 223 g/mol. The Morgan fingerprint density at radius 1 is 1.56 bits per heavy atom. The molecule has 0 saturated carbocycles. The van der Waals surface area contributed by atoms with E-state index < -0.39 is 5.41 Å². The average molecular weight is 223 g/mol. The van der Waals surface area contributed by atoms with Crippen LogP contribution in [0.15, 0.2) is 0 Å². The molecule has 1 unspecified atom stereocenters. The maximum Gasteiger partial charge on any atom is 0.235 e. The summed E-state index contributed by atoms with van der Waals surface area (Å²) in [5.74, 6) is -0.270. The fourth-order valence-corrected chi connectivity index (χ4v) is 1.79. The van der Waals surface area contributed by atoms with E-state index in [1.807, 2.05) is 0 Å². The van der Waals surface area contributed by atoms with Gasteiger partial charge in [0.2, 0.25) is 11.8 Å². The number of imide groups is 1. The van der Waals surface area contributed by atoms with Crippen molar-refractivity contribution in [1.29, 1.82) is 5.26 Å². The molecule has 1 fully saturated rings. The SMILES string of the molecule is CNC(C#N)CCN1C(=O)CC(C)(C)C1=O. The van der Waals surface area contributed by atoms with Gasteiger partial charge in [0.1, 0.15) is 0 Å². The third kappa shape index (κ3) is 2.39. The number of hydrogen-bond acceptors (Lipinski definition) is 4. The zero-order valence-corrected chi connectivity index (χ0v) is 9.91. The van der Waals surface area contributed by atoms with Crippen LogP contribution in [-0.4, -0.2) is 36.3 Å². The number of carbonyl (C=O) groups is 2. The van der Waals surface area contributed by atoms with Crippen LogP contribution in [0.2, 0.25) is 0 Å². The summed E-state index contributed by atoms with van der Waals surface area (Å²) < 4.78 is 0. The minimum Gasteiger partial charge on any atom is -0.305 e. The number of carbonyl (C=O) groups excluding carboxylic acids is 2. The van der Waals surface area contributed by atoms with Gasteiger partial charge in [0.05, 0.1) is 17.5 Å². The summed E-state index contributed by atoms with van der Waals surface area (Å²) in [6.45, 7) is 3.86. The van der Waals surface area contributed by atoms with Gasteiger partial charge < -0.3 is 5.32 Å².